The molecule has 8 heteroatoms. The Morgan fingerprint density at radius 3 is 2.65 bits per heavy atom. The van der Waals surface area contributed by atoms with Crippen molar-refractivity contribution in [3.8, 4) is 0 Å². The quantitative estimate of drug-likeness (QED) is 0.581. The number of ether oxygens (including phenoxy) is 1. The monoisotopic (exact) mass is 363 g/mol. The summed E-state index contributed by atoms with van der Waals surface area (Å²) in [6.07, 6.45) is 7.93. The van der Waals surface area contributed by atoms with Crippen molar-refractivity contribution in [2.75, 3.05) is 17.2 Å². The molecule has 2 fully saturated rings. The average Bonchev–Trinajstić information content (AvgIpc) is 3.02. The van der Waals surface area contributed by atoms with E-state index in [1.54, 1.807) is 0 Å². The summed E-state index contributed by atoms with van der Waals surface area (Å²) in [7, 11) is 0. The summed E-state index contributed by atoms with van der Waals surface area (Å²) in [4.78, 5) is 20.4. The highest BCUT2D eigenvalue weighted by Gasteiger charge is 2.27. The molecule has 26 heavy (non-hydrogen) atoms. The lowest BCUT2D eigenvalue weighted by atomic mass is 9.93. The van der Waals surface area contributed by atoms with Crippen molar-refractivity contribution in [2.45, 2.75) is 76.2 Å². The highest BCUT2D eigenvalue weighted by Crippen LogP contribution is 2.26. The van der Waals surface area contributed by atoms with Crippen LogP contribution in [0, 0.1) is 0 Å². The molecule has 144 valence electrons. The number of aliphatic hydroxyl groups excluding tert-OH is 1. The smallest absolute Gasteiger partial charge is 0.254 e. The zero-order chi connectivity index (χ0) is 18.5. The number of amides is 1. The molecule has 5 N–H and O–H groups in total. The van der Waals surface area contributed by atoms with Gasteiger partial charge in [-0.1, -0.05) is 0 Å². The third-order valence-electron chi connectivity index (χ3n) is 5.27. The fourth-order valence-electron chi connectivity index (χ4n) is 3.82. The van der Waals surface area contributed by atoms with Gasteiger partial charge in [-0.05, 0) is 51.9 Å². The van der Waals surface area contributed by atoms with E-state index in [0.717, 1.165) is 51.6 Å². The number of carbonyl (C=O) groups is 1. The second-order valence-corrected chi connectivity index (χ2v) is 7.14. The maximum atomic E-state index is 11.7. The van der Waals surface area contributed by atoms with Crippen LogP contribution < -0.4 is 16.4 Å². The van der Waals surface area contributed by atoms with Gasteiger partial charge in [0.1, 0.15) is 5.82 Å². The van der Waals surface area contributed by atoms with Crippen molar-refractivity contribution < 1.29 is 14.6 Å². The largest absolute Gasteiger partial charge is 0.391 e. The zero-order valence-electron chi connectivity index (χ0n) is 15.3. The van der Waals surface area contributed by atoms with E-state index < -0.39 is 12.0 Å². The van der Waals surface area contributed by atoms with Crippen LogP contribution in [-0.4, -0.2) is 51.9 Å². The van der Waals surface area contributed by atoms with Crippen LogP contribution in [0.25, 0.3) is 0 Å². The first kappa shape index (κ1) is 18.8. The Balaban J connectivity index is 1.66. The van der Waals surface area contributed by atoms with Crippen molar-refractivity contribution in [3.05, 3.63) is 11.8 Å². The minimum absolute atomic E-state index is 0.113. The summed E-state index contributed by atoms with van der Waals surface area (Å²) in [5.74, 6) is 0.289. The number of carbonyl (C=O) groups excluding carboxylic acids is 1. The number of aliphatic hydroxyl groups is 1. The van der Waals surface area contributed by atoms with E-state index in [1.807, 2.05) is 6.92 Å². The van der Waals surface area contributed by atoms with Crippen molar-refractivity contribution in [3.63, 3.8) is 0 Å². The average molecular weight is 363 g/mol. The summed E-state index contributed by atoms with van der Waals surface area (Å²) < 4.78 is 5.68. The minimum Gasteiger partial charge on any atom is -0.391 e. The number of nitrogens with zero attached hydrogens (tertiary/aromatic N) is 2. The molecule has 1 aromatic rings. The molecule has 1 aromatic heterocycles. The van der Waals surface area contributed by atoms with E-state index in [4.69, 9.17) is 10.5 Å². The molecule has 8 nitrogen and oxygen atoms in total. The van der Waals surface area contributed by atoms with Crippen molar-refractivity contribution in [1.29, 1.82) is 0 Å². The summed E-state index contributed by atoms with van der Waals surface area (Å²) >= 11 is 0. The fraction of sp³-hybridized carbons (Fsp3) is 0.722. The van der Waals surface area contributed by atoms with Crippen LogP contribution in [-0.2, 0) is 4.74 Å². The van der Waals surface area contributed by atoms with Crippen molar-refractivity contribution >= 4 is 17.7 Å². The number of nitrogens with two attached hydrogens (primary N) is 1. The number of nitrogens with one attached hydrogen (secondary N) is 2. The first-order valence-corrected chi connectivity index (χ1v) is 9.56. The Labute approximate surface area is 153 Å². The Bertz CT molecular complexity index is 619. The van der Waals surface area contributed by atoms with E-state index in [1.165, 1.54) is 6.20 Å². The van der Waals surface area contributed by atoms with Crippen LogP contribution in [0.2, 0.25) is 0 Å². The van der Waals surface area contributed by atoms with Gasteiger partial charge in [-0.25, -0.2) is 4.98 Å². The normalized spacial score (nSPS) is 28.7. The number of hydrogen-bond acceptors (Lipinski definition) is 7. The number of primary amides is 1. The Morgan fingerprint density at radius 2 is 2.04 bits per heavy atom. The van der Waals surface area contributed by atoms with Crippen LogP contribution >= 0.6 is 0 Å². The number of aromatic nitrogens is 2. The van der Waals surface area contributed by atoms with Crippen LogP contribution in [0.5, 0.6) is 0 Å². The maximum absolute atomic E-state index is 11.7. The third-order valence-corrected chi connectivity index (χ3v) is 5.27. The van der Waals surface area contributed by atoms with Gasteiger partial charge in [-0.15, -0.1) is 0 Å². The molecular weight excluding hydrogens is 334 g/mol. The molecule has 0 aromatic carbocycles. The molecule has 0 saturated heterocycles. The lowest BCUT2D eigenvalue weighted by Crippen LogP contribution is -2.32. The highest BCUT2D eigenvalue weighted by atomic mass is 16.5. The second kappa shape index (κ2) is 8.64. The van der Waals surface area contributed by atoms with Crippen molar-refractivity contribution in [1.82, 2.24) is 9.97 Å². The van der Waals surface area contributed by atoms with Crippen LogP contribution in [0.1, 0.15) is 62.2 Å². The number of anilines is 2. The van der Waals surface area contributed by atoms with Gasteiger partial charge in [0.15, 0.2) is 0 Å². The molecular formula is C18H29N5O3. The molecule has 1 unspecified atom stereocenters. The number of rotatable bonds is 7. The predicted molar refractivity (Wildman–Crippen MR) is 99.1 cm³/mol. The van der Waals surface area contributed by atoms with E-state index in [-0.39, 0.29) is 17.6 Å². The van der Waals surface area contributed by atoms with Crippen LogP contribution in [0.15, 0.2) is 6.20 Å². The molecule has 3 rings (SSSR count). The molecule has 0 aliphatic heterocycles. The molecule has 2 saturated carbocycles. The van der Waals surface area contributed by atoms with Crippen LogP contribution in [0.3, 0.4) is 0 Å². The van der Waals surface area contributed by atoms with Gasteiger partial charge in [0, 0.05) is 18.8 Å². The first-order valence-electron chi connectivity index (χ1n) is 9.56. The molecule has 2 atom stereocenters. The fourth-order valence-corrected chi connectivity index (χ4v) is 3.82. The molecule has 1 amide bonds. The van der Waals surface area contributed by atoms with Gasteiger partial charge in [-0.2, -0.15) is 4.98 Å². The molecule has 2 aliphatic carbocycles. The van der Waals surface area contributed by atoms with Gasteiger partial charge in [0.25, 0.3) is 5.91 Å². The molecule has 1 heterocycles. The standard InChI is InChI=1S/C18H29N5O3/c1-2-26-12-8-6-11(7-9-12)21-18-20-10-13(16(19)25)17(23-18)22-14-4-3-5-15(14)24/h10-12,14-15,24H,2-9H2,1H3,(H2,19,25)(H2,20,21,22,23)/t11-,12-,14-,15?/m1/s1. The SMILES string of the molecule is CCO[C@H]1CC[C@H](Nc2ncc(C(N)=O)c(N[C@@H]3CCCC3O)n2)CC1. The maximum Gasteiger partial charge on any atom is 0.254 e. The number of hydrogen-bond donors (Lipinski definition) is 4. The Kier molecular flexibility index (Phi) is 6.26. The Morgan fingerprint density at radius 1 is 1.27 bits per heavy atom. The van der Waals surface area contributed by atoms with Crippen molar-refractivity contribution in [2.24, 2.45) is 5.73 Å². The summed E-state index contributed by atoms with van der Waals surface area (Å²) in [5, 5.41) is 16.6. The van der Waals surface area contributed by atoms with E-state index in [0.29, 0.717) is 17.9 Å². The highest BCUT2D eigenvalue weighted by molar-refractivity contribution is 5.97. The topological polar surface area (TPSA) is 122 Å². The lowest BCUT2D eigenvalue weighted by molar-refractivity contribution is 0.0346. The predicted octanol–water partition coefficient (Wildman–Crippen LogP) is 1.66. The summed E-state index contributed by atoms with van der Waals surface area (Å²) in [6, 6.07) is 0.175. The molecule has 0 spiro atoms. The van der Waals surface area contributed by atoms with E-state index in [2.05, 4.69) is 20.6 Å². The molecule has 0 radical (unpaired) electrons. The summed E-state index contributed by atoms with van der Waals surface area (Å²) in [5.41, 5.74) is 5.69. The second-order valence-electron chi connectivity index (χ2n) is 7.14. The van der Waals surface area contributed by atoms with Gasteiger partial charge < -0.3 is 26.2 Å². The molecule has 0 bridgehead atoms. The third kappa shape index (κ3) is 4.62. The van der Waals surface area contributed by atoms with Gasteiger partial charge >= 0.3 is 0 Å². The Hall–Kier alpha value is -1.93. The zero-order valence-corrected chi connectivity index (χ0v) is 15.3. The summed E-state index contributed by atoms with van der Waals surface area (Å²) in [6.45, 7) is 2.77. The van der Waals surface area contributed by atoms with E-state index >= 15 is 0 Å². The van der Waals surface area contributed by atoms with Gasteiger partial charge in [0.05, 0.1) is 23.8 Å². The lowest BCUT2D eigenvalue weighted by Gasteiger charge is -2.29. The van der Waals surface area contributed by atoms with Crippen LogP contribution in [0.4, 0.5) is 11.8 Å². The van der Waals surface area contributed by atoms with Gasteiger partial charge in [0.2, 0.25) is 5.95 Å². The first-order chi connectivity index (χ1) is 12.6. The van der Waals surface area contributed by atoms with E-state index in [9.17, 15) is 9.90 Å². The molecule has 2 aliphatic rings. The van der Waals surface area contributed by atoms with Gasteiger partial charge in [-0.3, -0.25) is 4.79 Å². The minimum atomic E-state index is -0.580.